The summed E-state index contributed by atoms with van der Waals surface area (Å²) in [5, 5.41) is 7.42. The maximum atomic E-state index is 9.00. The number of carboxylic acid groups (broad SMARTS) is 1. The second-order valence-corrected chi connectivity index (χ2v) is 7.62. The first kappa shape index (κ1) is 25.7. The smallest absolute Gasteiger partial charge is 0.300 e. The lowest BCUT2D eigenvalue weighted by Crippen LogP contribution is -1.93. The fourth-order valence-electron chi connectivity index (χ4n) is 3.26. The Hall–Kier alpha value is -1.32. The Bertz CT molecular complexity index is 401. The predicted octanol–water partition coefficient (Wildman–Crippen LogP) is 7.24. The molecule has 0 radical (unpaired) electrons. The summed E-state index contributed by atoms with van der Waals surface area (Å²) in [7, 11) is 0. The van der Waals surface area contributed by atoms with Gasteiger partial charge in [0.25, 0.3) is 5.97 Å². The highest BCUT2D eigenvalue weighted by Crippen LogP contribution is 2.13. The van der Waals surface area contributed by atoms with Crippen LogP contribution in [0.25, 0.3) is 0 Å². The predicted molar refractivity (Wildman–Crippen MR) is 115 cm³/mol. The van der Waals surface area contributed by atoms with Crippen LogP contribution < -0.4 is 0 Å². The largest absolute Gasteiger partial charge is 0.481 e. The first-order valence-electron chi connectivity index (χ1n) is 11.3. The van der Waals surface area contributed by atoms with Crippen molar-refractivity contribution >= 4 is 5.97 Å². The molecule has 0 atom stereocenters. The number of hydrogen-bond donors (Lipinski definition) is 1. The van der Waals surface area contributed by atoms with Crippen LogP contribution in [0.15, 0.2) is 18.7 Å². The summed E-state index contributed by atoms with van der Waals surface area (Å²) < 4.78 is 2.18. The van der Waals surface area contributed by atoms with Gasteiger partial charge >= 0.3 is 0 Å². The van der Waals surface area contributed by atoms with Crippen molar-refractivity contribution < 1.29 is 9.90 Å². The summed E-state index contributed by atoms with van der Waals surface area (Å²) >= 11 is 0. The molecule has 0 bridgehead atoms. The average molecular weight is 381 g/mol. The van der Waals surface area contributed by atoms with Crippen molar-refractivity contribution in [2.24, 2.45) is 0 Å². The Balaban J connectivity index is 0.00000153. The second-order valence-electron chi connectivity index (χ2n) is 7.62. The average Bonchev–Trinajstić information content (AvgIpc) is 3.14. The van der Waals surface area contributed by atoms with Gasteiger partial charge in [-0.3, -0.25) is 4.79 Å². The van der Waals surface area contributed by atoms with E-state index in [9.17, 15) is 0 Å². The third-order valence-corrected chi connectivity index (χ3v) is 4.83. The number of hydrogen-bond acceptors (Lipinski definition) is 2. The molecule has 0 aliphatic carbocycles. The normalized spacial score (nSPS) is 10.4. The van der Waals surface area contributed by atoms with Gasteiger partial charge in [-0.05, 0) is 6.42 Å². The maximum absolute atomic E-state index is 9.00. The molecule has 0 amide bonds. The molecule has 1 aromatic heterocycles. The van der Waals surface area contributed by atoms with E-state index in [1.54, 1.807) is 0 Å². The molecule has 1 heterocycles. The van der Waals surface area contributed by atoms with E-state index in [4.69, 9.17) is 9.90 Å². The molecule has 158 valence electrons. The number of aliphatic carboxylic acids is 1. The minimum Gasteiger partial charge on any atom is -0.481 e. The zero-order valence-electron chi connectivity index (χ0n) is 18.0. The third kappa shape index (κ3) is 22.6. The third-order valence-electron chi connectivity index (χ3n) is 4.83. The van der Waals surface area contributed by atoms with Crippen LogP contribution in [-0.2, 0) is 11.3 Å². The van der Waals surface area contributed by atoms with Crippen LogP contribution in [0.5, 0.6) is 0 Å². The second kappa shape index (κ2) is 21.0. The van der Waals surface area contributed by atoms with Crippen LogP contribution in [0.4, 0.5) is 0 Å². The summed E-state index contributed by atoms with van der Waals surface area (Å²) in [6.07, 6.45) is 28.8. The minimum absolute atomic E-state index is 0.833. The van der Waals surface area contributed by atoms with Gasteiger partial charge in [0.1, 0.15) is 0 Å². The number of imidazole rings is 1. The zero-order valence-corrected chi connectivity index (χ0v) is 18.0. The van der Waals surface area contributed by atoms with E-state index in [1.165, 1.54) is 103 Å². The summed E-state index contributed by atoms with van der Waals surface area (Å²) in [5.41, 5.74) is 0. The number of carbonyl (C=O) groups is 1. The Morgan fingerprint density at radius 2 is 1.15 bits per heavy atom. The fourth-order valence-corrected chi connectivity index (χ4v) is 3.26. The van der Waals surface area contributed by atoms with E-state index in [2.05, 4.69) is 22.7 Å². The van der Waals surface area contributed by atoms with Crippen molar-refractivity contribution in [1.82, 2.24) is 9.55 Å². The molecule has 1 rings (SSSR count). The van der Waals surface area contributed by atoms with E-state index in [0.29, 0.717) is 0 Å². The maximum Gasteiger partial charge on any atom is 0.300 e. The van der Waals surface area contributed by atoms with Gasteiger partial charge in [-0.15, -0.1) is 0 Å². The van der Waals surface area contributed by atoms with Crippen molar-refractivity contribution in [2.45, 2.75) is 123 Å². The van der Waals surface area contributed by atoms with Crippen molar-refractivity contribution in [1.29, 1.82) is 0 Å². The Labute approximate surface area is 167 Å². The van der Waals surface area contributed by atoms with E-state index in [1.807, 2.05) is 12.5 Å². The first-order valence-corrected chi connectivity index (χ1v) is 11.3. The van der Waals surface area contributed by atoms with E-state index in [-0.39, 0.29) is 0 Å². The van der Waals surface area contributed by atoms with Gasteiger partial charge in [0, 0.05) is 25.9 Å². The molecule has 1 aromatic rings. The van der Waals surface area contributed by atoms with Crippen molar-refractivity contribution in [3.8, 4) is 0 Å². The summed E-state index contributed by atoms with van der Waals surface area (Å²) in [6, 6.07) is 0. The molecule has 0 spiro atoms. The van der Waals surface area contributed by atoms with Crippen LogP contribution in [0, 0.1) is 0 Å². The molecule has 0 fully saturated rings. The lowest BCUT2D eigenvalue weighted by molar-refractivity contribution is -0.134. The molecular formula is C23H44N2O2. The highest BCUT2D eigenvalue weighted by atomic mass is 16.4. The van der Waals surface area contributed by atoms with Crippen molar-refractivity contribution in [2.75, 3.05) is 0 Å². The Morgan fingerprint density at radius 3 is 1.48 bits per heavy atom. The molecule has 4 heteroatoms. The number of carboxylic acids is 1. The van der Waals surface area contributed by atoms with Gasteiger partial charge in [-0.2, -0.15) is 0 Å². The molecule has 4 nitrogen and oxygen atoms in total. The van der Waals surface area contributed by atoms with Crippen molar-refractivity contribution in [3.05, 3.63) is 18.7 Å². The Morgan fingerprint density at radius 1 is 0.778 bits per heavy atom. The number of aromatic nitrogens is 2. The van der Waals surface area contributed by atoms with Gasteiger partial charge in [-0.25, -0.2) is 4.98 Å². The van der Waals surface area contributed by atoms with E-state index >= 15 is 0 Å². The fraction of sp³-hybridized carbons (Fsp3) is 0.826. The van der Waals surface area contributed by atoms with Crippen LogP contribution in [0.2, 0.25) is 0 Å². The molecule has 27 heavy (non-hydrogen) atoms. The topological polar surface area (TPSA) is 55.1 Å². The van der Waals surface area contributed by atoms with Gasteiger partial charge in [0.2, 0.25) is 0 Å². The molecule has 0 unspecified atom stereocenters. The van der Waals surface area contributed by atoms with Gasteiger partial charge in [-0.1, -0.05) is 103 Å². The summed E-state index contributed by atoms with van der Waals surface area (Å²) in [6.45, 7) is 4.51. The summed E-state index contributed by atoms with van der Waals surface area (Å²) in [4.78, 5) is 13.1. The van der Waals surface area contributed by atoms with Gasteiger partial charge < -0.3 is 9.67 Å². The van der Waals surface area contributed by atoms with Gasteiger partial charge in [0.05, 0.1) is 6.33 Å². The molecule has 1 N–H and O–H groups in total. The quantitative estimate of drug-likeness (QED) is 0.290. The molecule has 0 saturated carbocycles. The van der Waals surface area contributed by atoms with Crippen LogP contribution in [0.3, 0.4) is 0 Å². The highest BCUT2D eigenvalue weighted by molar-refractivity contribution is 5.62. The number of aryl methyl sites for hydroxylation is 1. The molecule has 0 aromatic carbocycles. The Kier molecular flexibility index (Phi) is 20.0. The van der Waals surface area contributed by atoms with Crippen molar-refractivity contribution in [3.63, 3.8) is 0 Å². The molecule has 0 aliphatic rings. The van der Waals surface area contributed by atoms with Gasteiger partial charge in [0.15, 0.2) is 0 Å². The monoisotopic (exact) mass is 380 g/mol. The van der Waals surface area contributed by atoms with E-state index in [0.717, 1.165) is 13.5 Å². The van der Waals surface area contributed by atoms with Crippen LogP contribution in [0.1, 0.15) is 117 Å². The molecular weight excluding hydrogens is 336 g/mol. The van der Waals surface area contributed by atoms with Crippen LogP contribution in [-0.4, -0.2) is 20.6 Å². The number of unbranched alkanes of at least 4 members (excludes halogenated alkanes) is 15. The lowest BCUT2D eigenvalue weighted by atomic mass is 10.0. The lowest BCUT2D eigenvalue weighted by Gasteiger charge is -2.04. The minimum atomic E-state index is -0.833. The zero-order chi connectivity index (χ0) is 20.0. The number of rotatable bonds is 17. The standard InChI is InChI=1S/C21H40N2.C2H4O2/c1-2-3-4-5-6-7-8-9-10-11-12-13-14-15-16-17-19-23-20-18-22-21-23;1-2(3)4/h18,20-21H,2-17,19H2,1H3;1H3,(H,3,4). The highest BCUT2D eigenvalue weighted by Gasteiger charge is 1.95. The van der Waals surface area contributed by atoms with Crippen LogP contribution >= 0.6 is 0 Å². The van der Waals surface area contributed by atoms with E-state index < -0.39 is 5.97 Å². The molecule has 0 aliphatic heterocycles. The summed E-state index contributed by atoms with van der Waals surface area (Å²) in [5.74, 6) is -0.833. The first-order chi connectivity index (χ1) is 13.2. The number of nitrogens with zero attached hydrogens (tertiary/aromatic N) is 2. The molecule has 0 saturated heterocycles. The SMILES string of the molecule is CC(=O)O.CCCCCCCCCCCCCCCCCCn1ccnc1.